The van der Waals surface area contributed by atoms with Gasteiger partial charge in [0.15, 0.2) is 0 Å². The summed E-state index contributed by atoms with van der Waals surface area (Å²) in [7, 11) is 0. The van der Waals surface area contributed by atoms with Crippen molar-refractivity contribution in [1.82, 2.24) is 9.97 Å². The molecule has 8 nitrogen and oxygen atoms in total. The number of ether oxygens (including phenoxy) is 1. The van der Waals surface area contributed by atoms with Crippen LogP contribution in [-0.2, 0) is 0 Å². The first-order chi connectivity index (χ1) is 10.0. The number of benzene rings is 1. The highest BCUT2D eigenvalue weighted by molar-refractivity contribution is 5.71. The SMILES string of the molecule is CCOc1ccccc1Nc1nc(N)nc(C)c1[N+](=O)[O-]. The van der Waals surface area contributed by atoms with Crippen molar-refractivity contribution in [2.75, 3.05) is 17.7 Å². The zero-order chi connectivity index (χ0) is 15.4. The number of anilines is 3. The molecule has 0 spiro atoms. The highest BCUT2D eigenvalue weighted by Crippen LogP contribution is 2.32. The van der Waals surface area contributed by atoms with Crippen molar-refractivity contribution < 1.29 is 9.66 Å². The minimum absolute atomic E-state index is 0.0329. The summed E-state index contributed by atoms with van der Waals surface area (Å²) < 4.78 is 5.46. The molecule has 3 N–H and O–H groups in total. The summed E-state index contributed by atoms with van der Waals surface area (Å²) in [6, 6.07) is 7.09. The van der Waals surface area contributed by atoms with E-state index in [1.807, 2.05) is 13.0 Å². The summed E-state index contributed by atoms with van der Waals surface area (Å²) in [5.41, 5.74) is 6.12. The second-order valence-corrected chi connectivity index (χ2v) is 4.18. The zero-order valence-electron chi connectivity index (χ0n) is 11.7. The number of nitrogens with two attached hydrogens (primary N) is 1. The van der Waals surface area contributed by atoms with Crippen LogP contribution in [0, 0.1) is 17.0 Å². The van der Waals surface area contributed by atoms with Crippen molar-refractivity contribution in [2.45, 2.75) is 13.8 Å². The van der Waals surface area contributed by atoms with Crippen LogP contribution in [0.3, 0.4) is 0 Å². The molecule has 0 amide bonds. The minimum atomic E-state index is -0.541. The molecule has 2 rings (SSSR count). The van der Waals surface area contributed by atoms with Gasteiger partial charge in [0.05, 0.1) is 17.2 Å². The maximum atomic E-state index is 11.2. The number of hydrogen-bond acceptors (Lipinski definition) is 7. The van der Waals surface area contributed by atoms with Crippen LogP contribution in [-0.4, -0.2) is 21.5 Å². The van der Waals surface area contributed by atoms with Crippen LogP contribution in [0.4, 0.5) is 23.1 Å². The lowest BCUT2D eigenvalue weighted by atomic mass is 10.2. The number of hydrogen-bond donors (Lipinski definition) is 2. The van der Waals surface area contributed by atoms with Gasteiger partial charge in [-0.1, -0.05) is 12.1 Å². The summed E-state index contributed by atoms with van der Waals surface area (Å²) in [5, 5.41) is 14.1. The van der Waals surface area contributed by atoms with Crippen LogP contribution in [0.5, 0.6) is 5.75 Å². The quantitative estimate of drug-likeness (QED) is 0.641. The largest absolute Gasteiger partial charge is 0.492 e. The first kappa shape index (κ1) is 14.5. The van der Waals surface area contributed by atoms with Gasteiger partial charge in [-0.2, -0.15) is 4.98 Å². The highest BCUT2D eigenvalue weighted by atomic mass is 16.6. The van der Waals surface area contributed by atoms with Crippen molar-refractivity contribution in [3.8, 4) is 5.75 Å². The van der Waals surface area contributed by atoms with Crippen molar-refractivity contribution in [3.05, 3.63) is 40.1 Å². The van der Waals surface area contributed by atoms with Crippen LogP contribution in [0.15, 0.2) is 24.3 Å². The Bertz CT molecular complexity index is 675. The fraction of sp³-hybridized carbons (Fsp3) is 0.231. The van der Waals surface area contributed by atoms with E-state index in [0.29, 0.717) is 18.0 Å². The topological polar surface area (TPSA) is 116 Å². The minimum Gasteiger partial charge on any atom is -0.492 e. The van der Waals surface area contributed by atoms with E-state index in [1.54, 1.807) is 18.2 Å². The molecule has 0 aliphatic carbocycles. The predicted molar refractivity (Wildman–Crippen MR) is 78.7 cm³/mol. The molecule has 0 aliphatic rings. The lowest BCUT2D eigenvalue weighted by Crippen LogP contribution is -2.07. The van der Waals surface area contributed by atoms with Crippen LogP contribution in [0.2, 0.25) is 0 Å². The van der Waals surface area contributed by atoms with E-state index in [0.717, 1.165) is 0 Å². The first-order valence-corrected chi connectivity index (χ1v) is 6.30. The smallest absolute Gasteiger partial charge is 0.332 e. The highest BCUT2D eigenvalue weighted by Gasteiger charge is 2.22. The normalized spacial score (nSPS) is 10.2. The van der Waals surface area contributed by atoms with Gasteiger partial charge in [0.2, 0.25) is 11.8 Å². The molecule has 0 saturated carbocycles. The molecule has 0 fully saturated rings. The molecule has 1 heterocycles. The van der Waals surface area contributed by atoms with Gasteiger partial charge in [0.1, 0.15) is 11.4 Å². The van der Waals surface area contributed by atoms with Crippen molar-refractivity contribution in [2.24, 2.45) is 0 Å². The second kappa shape index (κ2) is 6.04. The van der Waals surface area contributed by atoms with E-state index >= 15 is 0 Å². The molecule has 0 bridgehead atoms. The van der Waals surface area contributed by atoms with E-state index in [1.165, 1.54) is 6.92 Å². The fourth-order valence-corrected chi connectivity index (χ4v) is 1.87. The average molecular weight is 289 g/mol. The number of nitrogens with one attached hydrogen (secondary N) is 1. The second-order valence-electron chi connectivity index (χ2n) is 4.18. The molecule has 0 unspecified atom stereocenters. The Labute approximate surface area is 121 Å². The monoisotopic (exact) mass is 289 g/mol. The van der Waals surface area contributed by atoms with Crippen molar-refractivity contribution in [1.29, 1.82) is 0 Å². The number of para-hydroxylation sites is 2. The van der Waals surface area contributed by atoms with Gasteiger partial charge >= 0.3 is 5.69 Å². The number of nitrogens with zero attached hydrogens (tertiary/aromatic N) is 3. The van der Waals surface area contributed by atoms with Crippen LogP contribution in [0.25, 0.3) is 0 Å². The zero-order valence-corrected chi connectivity index (χ0v) is 11.7. The molecule has 0 atom stereocenters. The molecular formula is C13H15N5O3. The number of aromatic nitrogens is 2. The third-order valence-corrected chi connectivity index (χ3v) is 2.70. The van der Waals surface area contributed by atoms with Crippen LogP contribution < -0.4 is 15.8 Å². The van der Waals surface area contributed by atoms with Gasteiger partial charge in [-0.25, -0.2) is 4.98 Å². The molecule has 1 aromatic carbocycles. The van der Waals surface area contributed by atoms with E-state index in [2.05, 4.69) is 15.3 Å². The molecule has 2 aromatic rings. The number of aryl methyl sites for hydroxylation is 1. The third kappa shape index (κ3) is 3.16. The standard InChI is InChI=1S/C13H15N5O3/c1-3-21-10-7-5-4-6-9(10)16-12-11(18(19)20)8(2)15-13(14)17-12/h4-7H,3H2,1-2H3,(H3,14,15,16,17). The molecule has 1 aromatic heterocycles. The molecule has 0 radical (unpaired) electrons. The van der Waals surface area contributed by atoms with Crippen molar-refractivity contribution >= 4 is 23.1 Å². The molecule has 0 aliphatic heterocycles. The Morgan fingerprint density at radius 3 is 2.76 bits per heavy atom. The van der Waals surface area contributed by atoms with Crippen LogP contribution in [0.1, 0.15) is 12.6 Å². The Balaban J connectivity index is 2.47. The maximum absolute atomic E-state index is 11.2. The summed E-state index contributed by atoms with van der Waals surface area (Å²) in [6.45, 7) is 3.84. The Kier molecular flexibility index (Phi) is 4.17. The molecular weight excluding hydrogens is 274 g/mol. The predicted octanol–water partition coefficient (Wildman–Crippen LogP) is 2.42. The number of rotatable bonds is 5. The van der Waals surface area contributed by atoms with E-state index in [-0.39, 0.29) is 23.1 Å². The number of nitro groups is 1. The fourth-order valence-electron chi connectivity index (χ4n) is 1.87. The summed E-state index contributed by atoms with van der Waals surface area (Å²) >= 11 is 0. The molecule has 21 heavy (non-hydrogen) atoms. The van der Waals surface area contributed by atoms with Gasteiger partial charge in [0, 0.05) is 0 Å². The Morgan fingerprint density at radius 1 is 1.38 bits per heavy atom. The van der Waals surface area contributed by atoms with Crippen molar-refractivity contribution in [3.63, 3.8) is 0 Å². The first-order valence-electron chi connectivity index (χ1n) is 6.30. The van der Waals surface area contributed by atoms with Gasteiger partial charge in [-0.3, -0.25) is 10.1 Å². The summed E-state index contributed by atoms with van der Waals surface area (Å²) in [5.74, 6) is 0.579. The van der Waals surface area contributed by atoms with E-state index in [9.17, 15) is 10.1 Å². The van der Waals surface area contributed by atoms with Crippen LogP contribution >= 0.6 is 0 Å². The third-order valence-electron chi connectivity index (χ3n) is 2.70. The average Bonchev–Trinajstić information content (AvgIpc) is 2.40. The molecule has 8 heteroatoms. The van der Waals surface area contributed by atoms with Gasteiger partial charge < -0.3 is 15.8 Å². The maximum Gasteiger partial charge on any atom is 0.332 e. The summed E-state index contributed by atoms with van der Waals surface area (Å²) in [4.78, 5) is 18.3. The van der Waals surface area contributed by atoms with Gasteiger partial charge in [-0.05, 0) is 26.0 Å². The summed E-state index contributed by atoms with van der Waals surface area (Å²) in [6.07, 6.45) is 0. The lowest BCUT2D eigenvalue weighted by Gasteiger charge is -2.12. The molecule has 110 valence electrons. The molecule has 0 saturated heterocycles. The lowest BCUT2D eigenvalue weighted by molar-refractivity contribution is -0.385. The van der Waals surface area contributed by atoms with E-state index in [4.69, 9.17) is 10.5 Å². The van der Waals surface area contributed by atoms with Gasteiger partial charge in [-0.15, -0.1) is 0 Å². The Hall–Kier alpha value is -2.90. The number of nitrogen functional groups attached to an aromatic ring is 1. The van der Waals surface area contributed by atoms with E-state index < -0.39 is 4.92 Å². The van der Waals surface area contributed by atoms with Gasteiger partial charge in [0.25, 0.3) is 0 Å². The Morgan fingerprint density at radius 2 is 2.10 bits per heavy atom.